The van der Waals surface area contributed by atoms with E-state index in [9.17, 15) is 0 Å². The Morgan fingerprint density at radius 1 is 0.806 bits per heavy atom. The topological polar surface area (TPSA) is 25.8 Å². The lowest BCUT2D eigenvalue weighted by Gasteiger charge is -2.39. The molecule has 0 saturated heterocycles. The molecule has 0 saturated carbocycles. The molecule has 0 atom stereocenters. The van der Waals surface area contributed by atoms with Gasteiger partial charge in [-0.2, -0.15) is 0 Å². The van der Waals surface area contributed by atoms with E-state index < -0.39 is 0 Å². The van der Waals surface area contributed by atoms with E-state index in [1.54, 1.807) is 0 Å². The van der Waals surface area contributed by atoms with Crippen LogP contribution in [0.3, 0.4) is 0 Å². The molecule has 2 heterocycles. The van der Waals surface area contributed by atoms with Gasteiger partial charge in [0, 0.05) is 22.7 Å². The zero-order valence-electron chi connectivity index (χ0n) is 18.7. The van der Waals surface area contributed by atoms with Crippen LogP contribution in [0.15, 0.2) is 72.4 Å². The zero-order chi connectivity index (χ0) is 21.5. The fraction of sp³-hybridized carbons (Fsp3) is 0.241. The summed E-state index contributed by atoms with van der Waals surface area (Å²) in [5.74, 6) is 0. The van der Waals surface area contributed by atoms with Crippen molar-refractivity contribution in [1.29, 1.82) is 0 Å². The third-order valence-corrected chi connectivity index (χ3v) is 7.30. The molecular weight excluding hydrogens is 376 g/mol. The van der Waals surface area contributed by atoms with Crippen molar-refractivity contribution in [2.75, 3.05) is 0 Å². The first-order valence-electron chi connectivity index (χ1n) is 11.0. The van der Waals surface area contributed by atoms with Gasteiger partial charge in [-0.15, -0.1) is 0 Å². The lowest BCUT2D eigenvalue weighted by Crippen LogP contribution is -2.34. The summed E-state index contributed by atoms with van der Waals surface area (Å²) >= 11 is 0. The average molecular weight is 403 g/mol. The smallest absolute Gasteiger partial charge is 0.0856 e. The second-order valence-corrected chi connectivity index (χ2v) is 9.95. The molecule has 0 amide bonds. The molecule has 0 N–H and O–H groups in total. The van der Waals surface area contributed by atoms with Gasteiger partial charge in [0.1, 0.15) is 0 Å². The van der Waals surface area contributed by atoms with Crippen LogP contribution < -0.4 is 0 Å². The monoisotopic (exact) mass is 402 g/mol. The number of aromatic nitrogens is 2. The van der Waals surface area contributed by atoms with Gasteiger partial charge in [-0.3, -0.25) is 9.97 Å². The zero-order valence-corrected chi connectivity index (χ0v) is 18.7. The van der Waals surface area contributed by atoms with Gasteiger partial charge in [-0.05, 0) is 64.8 Å². The van der Waals surface area contributed by atoms with Crippen LogP contribution in [0.25, 0.3) is 27.5 Å². The number of allylic oxidation sites excluding steroid dienone is 2. The summed E-state index contributed by atoms with van der Waals surface area (Å²) in [5.41, 5.74) is 10.8. The molecule has 0 unspecified atom stereocenters. The van der Waals surface area contributed by atoms with Crippen molar-refractivity contribution in [2.45, 2.75) is 45.4 Å². The highest BCUT2D eigenvalue weighted by atomic mass is 14.8. The first-order valence-corrected chi connectivity index (χ1v) is 11.0. The Morgan fingerprint density at radius 2 is 1.42 bits per heavy atom. The molecule has 0 fully saturated rings. The molecule has 2 aliphatic carbocycles. The van der Waals surface area contributed by atoms with Crippen molar-refractivity contribution in [2.24, 2.45) is 0 Å². The first-order chi connectivity index (χ1) is 14.8. The van der Waals surface area contributed by atoms with E-state index >= 15 is 0 Å². The molecule has 31 heavy (non-hydrogen) atoms. The molecule has 6 rings (SSSR count). The van der Waals surface area contributed by atoms with Crippen molar-refractivity contribution in [3.05, 3.63) is 101 Å². The van der Waals surface area contributed by atoms with Gasteiger partial charge in [0.2, 0.25) is 0 Å². The summed E-state index contributed by atoms with van der Waals surface area (Å²) in [6.07, 6.45) is 1.94. The fourth-order valence-corrected chi connectivity index (χ4v) is 5.67. The lowest BCUT2D eigenvalue weighted by atomic mass is 9.64. The number of hydrogen-bond donors (Lipinski definition) is 0. The van der Waals surface area contributed by atoms with Gasteiger partial charge in [0.05, 0.1) is 16.8 Å². The molecule has 2 aromatic carbocycles. The Morgan fingerprint density at radius 3 is 2.03 bits per heavy atom. The largest absolute Gasteiger partial charge is 0.256 e. The second kappa shape index (κ2) is 5.91. The summed E-state index contributed by atoms with van der Waals surface area (Å²) in [6.45, 7) is 11.2. The highest BCUT2D eigenvalue weighted by molar-refractivity contribution is 6.02. The van der Waals surface area contributed by atoms with Crippen LogP contribution in [0.4, 0.5) is 0 Å². The van der Waals surface area contributed by atoms with Crippen LogP contribution in [0.2, 0.25) is 0 Å². The minimum absolute atomic E-state index is 0.0446. The maximum Gasteiger partial charge on any atom is 0.0856 e. The average Bonchev–Trinajstić information content (AvgIpc) is 3.06. The van der Waals surface area contributed by atoms with Crippen LogP contribution in [0.5, 0.6) is 0 Å². The van der Waals surface area contributed by atoms with E-state index in [0.717, 1.165) is 17.1 Å². The maximum atomic E-state index is 5.45. The number of rotatable bonds is 0. The molecule has 0 aliphatic heterocycles. The molecule has 4 aromatic rings. The standard InChI is InChI=1S/C29H26N2/c1-17-18(2)29(22-12-8-6-10-20(22)21-11-7-9-13-23(21)29)27-25-19(14-15-30-26(17)25)16-24(31-27)28(3,4)5/h6-16H,1-5H3. The van der Waals surface area contributed by atoms with E-state index in [2.05, 4.69) is 95.3 Å². The Labute approximate surface area is 183 Å². The first kappa shape index (κ1) is 18.5. The van der Waals surface area contributed by atoms with Crippen LogP contribution in [0, 0.1) is 0 Å². The quantitative estimate of drug-likeness (QED) is 0.315. The van der Waals surface area contributed by atoms with E-state index in [-0.39, 0.29) is 10.8 Å². The van der Waals surface area contributed by atoms with Gasteiger partial charge in [-0.1, -0.05) is 69.3 Å². The Balaban J connectivity index is 1.88. The van der Waals surface area contributed by atoms with Crippen molar-refractivity contribution in [1.82, 2.24) is 9.97 Å². The minimum atomic E-state index is -0.382. The van der Waals surface area contributed by atoms with Crippen LogP contribution in [-0.2, 0) is 10.8 Å². The van der Waals surface area contributed by atoms with Gasteiger partial charge in [0.15, 0.2) is 0 Å². The summed E-state index contributed by atoms with van der Waals surface area (Å²) < 4.78 is 0. The molecule has 0 bridgehead atoms. The van der Waals surface area contributed by atoms with E-state index in [1.165, 1.54) is 44.2 Å². The van der Waals surface area contributed by atoms with Crippen molar-refractivity contribution in [3.63, 3.8) is 0 Å². The van der Waals surface area contributed by atoms with E-state index in [0.29, 0.717) is 0 Å². The van der Waals surface area contributed by atoms with Crippen LogP contribution >= 0.6 is 0 Å². The second-order valence-electron chi connectivity index (χ2n) is 9.95. The van der Waals surface area contributed by atoms with Crippen molar-refractivity contribution in [3.8, 4) is 11.1 Å². The molecule has 2 aliphatic rings. The number of pyridine rings is 2. The third kappa shape index (κ3) is 2.18. The summed E-state index contributed by atoms with van der Waals surface area (Å²) in [4.78, 5) is 10.3. The van der Waals surface area contributed by atoms with Crippen molar-refractivity contribution >= 4 is 16.3 Å². The van der Waals surface area contributed by atoms with Gasteiger partial charge >= 0.3 is 0 Å². The highest BCUT2D eigenvalue weighted by Crippen LogP contribution is 2.60. The summed E-state index contributed by atoms with van der Waals surface area (Å²) in [7, 11) is 0. The molecule has 152 valence electrons. The van der Waals surface area contributed by atoms with Gasteiger partial charge in [0.25, 0.3) is 0 Å². The van der Waals surface area contributed by atoms with Gasteiger partial charge < -0.3 is 0 Å². The Bertz CT molecular complexity index is 1390. The number of benzene rings is 2. The normalized spacial score (nSPS) is 16.0. The summed E-state index contributed by atoms with van der Waals surface area (Å²) in [5, 5.41) is 2.43. The number of fused-ring (bicyclic) bond motifs is 6. The fourth-order valence-electron chi connectivity index (χ4n) is 5.67. The van der Waals surface area contributed by atoms with Gasteiger partial charge in [-0.25, -0.2) is 0 Å². The molecule has 2 heteroatoms. The van der Waals surface area contributed by atoms with Crippen molar-refractivity contribution < 1.29 is 0 Å². The predicted octanol–water partition coefficient (Wildman–Crippen LogP) is 7.05. The molecule has 1 spiro atoms. The third-order valence-electron chi connectivity index (χ3n) is 7.30. The lowest BCUT2D eigenvalue weighted by molar-refractivity contribution is 0.561. The van der Waals surface area contributed by atoms with Crippen LogP contribution in [-0.4, -0.2) is 9.97 Å². The number of hydrogen-bond acceptors (Lipinski definition) is 2. The molecular formula is C29H26N2. The minimum Gasteiger partial charge on any atom is -0.256 e. The predicted molar refractivity (Wildman–Crippen MR) is 128 cm³/mol. The van der Waals surface area contributed by atoms with E-state index in [4.69, 9.17) is 9.97 Å². The van der Waals surface area contributed by atoms with E-state index in [1.807, 2.05) is 6.20 Å². The molecule has 0 radical (unpaired) electrons. The Kier molecular flexibility index (Phi) is 3.53. The number of nitrogens with zero attached hydrogens (tertiary/aromatic N) is 2. The maximum absolute atomic E-state index is 5.45. The van der Waals surface area contributed by atoms with Crippen LogP contribution in [0.1, 0.15) is 62.8 Å². The summed E-state index contributed by atoms with van der Waals surface area (Å²) in [6, 6.07) is 22.1. The highest BCUT2D eigenvalue weighted by Gasteiger charge is 2.50. The molecule has 2 aromatic heterocycles. The molecule has 2 nitrogen and oxygen atoms in total. The SMILES string of the molecule is CC1=C(C)C2(c3ccccc3-c3ccccc32)c2nc(C(C)(C)C)cc3ccnc1c23. The Hall–Kier alpha value is -3.26.